The molecule has 0 unspecified atom stereocenters. The first kappa shape index (κ1) is 16.4. The maximum atomic E-state index is 13.2. The van der Waals surface area contributed by atoms with Crippen LogP contribution >= 0.6 is 0 Å². The van der Waals surface area contributed by atoms with Crippen molar-refractivity contribution in [2.24, 2.45) is 5.92 Å². The van der Waals surface area contributed by atoms with Crippen LogP contribution < -0.4 is 5.32 Å². The minimum atomic E-state index is -0.268. The number of nitrogens with one attached hydrogen (secondary N) is 1. The SMILES string of the molecule is CCc1nc(NCC(C)C)c2c(C)nn(-c3ccc(F)cc3)c2n1. The molecule has 0 atom stereocenters. The molecule has 0 spiro atoms. The van der Waals surface area contributed by atoms with Crippen molar-refractivity contribution in [2.75, 3.05) is 11.9 Å². The van der Waals surface area contributed by atoms with Gasteiger partial charge in [-0.15, -0.1) is 0 Å². The molecule has 1 aromatic carbocycles. The number of aromatic nitrogens is 4. The summed E-state index contributed by atoms with van der Waals surface area (Å²) in [6.45, 7) is 9.11. The van der Waals surface area contributed by atoms with Crippen molar-refractivity contribution in [3.05, 3.63) is 41.6 Å². The molecule has 3 rings (SSSR count). The Bertz CT molecular complexity index is 852. The highest BCUT2D eigenvalue weighted by Crippen LogP contribution is 2.26. The first-order valence-electron chi connectivity index (χ1n) is 8.25. The van der Waals surface area contributed by atoms with Crippen LogP contribution in [0.5, 0.6) is 0 Å². The van der Waals surface area contributed by atoms with Crippen LogP contribution in [0, 0.1) is 18.7 Å². The summed E-state index contributed by atoms with van der Waals surface area (Å²) >= 11 is 0. The van der Waals surface area contributed by atoms with Crippen molar-refractivity contribution >= 4 is 16.9 Å². The summed E-state index contributed by atoms with van der Waals surface area (Å²) in [7, 11) is 0. The first-order chi connectivity index (χ1) is 11.5. The van der Waals surface area contributed by atoms with Gasteiger partial charge in [0.05, 0.1) is 16.8 Å². The summed E-state index contributed by atoms with van der Waals surface area (Å²) in [6.07, 6.45) is 0.736. The third-order valence-corrected chi connectivity index (χ3v) is 3.81. The van der Waals surface area contributed by atoms with Gasteiger partial charge < -0.3 is 5.32 Å². The minimum absolute atomic E-state index is 0.268. The van der Waals surface area contributed by atoms with E-state index in [-0.39, 0.29) is 5.82 Å². The fourth-order valence-corrected chi connectivity index (χ4v) is 2.58. The van der Waals surface area contributed by atoms with E-state index in [1.807, 2.05) is 13.8 Å². The zero-order chi connectivity index (χ0) is 17.3. The molecule has 0 aliphatic rings. The van der Waals surface area contributed by atoms with Crippen molar-refractivity contribution in [2.45, 2.75) is 34.1 Å². The topological polar surface area (TPSA) is 55.6 Å². The van der Waals surface area contributed by atoms with Crippen LogP contribution in [0.2, 0.25) is 0 Å². The van der Waals surface area contributed by atoms with E-state index in [0.717, 1.165) is 47.0 Å². The molecule has 0 fully saturated rings. The van der Waals surface area contributed by atoms with E-state index in [0.29, 0.717) is 5.92 Å². The van der Waals surface area contributed by atoms with Crippen LogP contribution in [0.15, 0.2) is 24.3 Å². The van der Waals surface area contributed by atoms with E-state index in [1.54, 1.807) is 16.8 Å². The molecule has 0 saturated heterocycles. The molecule has 24 heavy (non-hydrogen) atoms. The predicted octanol–water partition coefficient (Wildman–Crippen LogP) is 3.89. The van der Waals surface area contributed by atoms with Crippen LogP contribution in [-0.4, -0.2) is 26.3 Å². The van der Waals surface area contributed by atoms with E-state index in [9.17, 15) is 4.39 Å². The maximum absolute atomic E-state index is 13.2. The number of nitrogens with zero attached hydrogens (tertiary/aromatic N) is 4. The lowest BCUT2D eigenvalue weighted by Gasteiger charge is -2.11. The van der Waals surface area contributed by atoms with Gasteiger partial charge in [0.2, 0.25) is 0 Å². The van der Waals surface area contributed by atoms with Gasteiger partial charge in [-0.25, -0.2) is 19.0 Å². The molecule has 0 amide bonds. The molecule has 2 heterocycles. The second kappa shape index (κ2) is 6.55. The van der Waals surface area contributed by atoms with E-state index in [2.05, 4.69) is 34.2 Å². The van der Waals surface area contributed by atoms with E-state index in [4.69, 9.17) is 0 Å². The predicted molar refractivity (Wildman–Crippen MR) is 94.1 cm³/mol. The number of aryl methyl sites for hydroxylation is 2. The van der Waals surface area contributed by atoms with Crippen molar-refractivity contribution in [1.82, 2.24) is 19.7 Å². The monoisotopic (exact) mass is 327 g/mol. The lowest BCUT2D eigenvalue weighted by atomic mass is 10.2. The largest absolute Gasteiger partial charge is 0.369 e. The van der Waals surface area contributed by atoms with Gasteiger partial charge in [0.1, 0.15) is 17.5 Å². The molecule has 1 N–H and O–H groups in total. The lowest BCUT2D eigenvalue weighted by Crippen LogP contribution is -2.11. The van der Waals surface area contributed by atoms with Gasteiger partial charge in [-0.2, -0.15) is 5.10 Å². The smallest absolute Gasteiger partial charge is 0.168 e. The molecule has 6 heteroatoms. The second-order valence-corrected chi connectivity index (χ2v) is 6.29. The third kappa shape index (κ3) is 3.09. The highest BCUT2D eigenvalue weighted by Gasteiger charge is 2.17. The van der Waals surface area contributed by atoms with Crippen LogP contribution in [-0.2, 0) is 6.42 Å². The Morgan fingerprint density at radius 3 is 2.50 bits per heavy atom. The molecule has 0 radical (unpaired) electrons. The average Bonchev–Trinajstić information content (AvgIpc) is 2.90. The number of fused-ring (bicyclic) bond motifs is 1. The third-order valence-electron chi connectivity index (χ3n) is 3.81. The highest BCUT2D eigenvalue weighted by atomic mass is 19.1. The van der Waals surface area contributed by atoms with Crippen LogP contribution in [0.25, 0.3) is 16.7 Å². The fourth-order valence-electron chi connectivity index (χ4n) is 2.58. The Morgan fingerprint density at radius 2 is 1.88 bits per heavy atom. The summed E-state index contributed by atoms with van der Waals surface area (Å²) in [6, 6.07) is 6.27. The quantitative estimate of drug-likeness (QED) is 0.772. The van der Waals surface area contributed by atoms with Gasteiger partial charge in [-0.05, 0) is 37.1 Å². The van der Waals surface area contributed by atoms with Crippen molar-refractivity contribution in [3.63, 3.8) is 0 Å². The Balaban J connectivity index is 2.18. The summed E-state index contributed by atoms with van der Waals surface area (Å²) < 4.78 is 15.0. The lowest BCUT2D eigenvalue weighted by molar-refractivity contribution is 0.627. The van der Waals surface area contributed by atoms with Gasteiger partial charge in [-0.1, -0.05) is 20.8 Å². The normalized spacial score (nSPS) is 11.4. The zero-order valence-corrected chi connectivity index (χ0v) is 14.5. The Hall–Kier alpha value is -2.50. The zero-order valence-electron chi connectivity index (χ0n) is 14.5. The summed E-state index contributed by atoms with van der Waals surface area (Å²) in [5.41, 5.74) is 2.38. The number of hydrogen-bond acceptors (Lipinski definition) is 4. The molecule has 2 aromatic heterocycles. The van der Waals surface area contributed by atoms with Crippen molar-refractivity contribution in [1.29, 1.82) is 0 Å². The molecule has 0 aliphatic carbocycles. The Kier molecular flexibility index (Phi) is 4.46. The van der Waals surface area contributed by atoms with Gasteiger partial charge >= 0.3 is 0 Å². The van der Waals surface area contributed by atoms with E-state index in [1.165, 1.54) is 12.1 Å². The van der Waals surface area contributed by atoms with Crippen molar-refractivity contribution < 1.29 is 4.39 Å². The summed E-state index contributed by atoms with van der Waals surface area (Å²) in [4.78, 5) is 9.29. The molecular weight excluding hydrogens is 305 g/mol. The first-order valence-corrected chi connectivity index (χ1v) is 8.25. The molecule has 126 valence electrons. The number of benzene rings is 1. The number of hydrogen-bond donors (Lipinski definition) is 1. The highest BCUT2D eigenvalue weighted by molar-refractivity contribution is 5.90. The summed E-state index contributed by atoms with van der Waals surface area (Å²) in [5, 5.41) is 8.93. The number of halogens is 1. The number of anilines is 1. The van der Waals surface area contributed by atoms with Crippen LogP contribution in [0.4, 0.5) is 10.2 Å². The van der Waals surface area contributed by atoms with Gasteiger partial charge in [0.25, 0.3) is 0 Å². The van der Waals surface area contributed by atoms with Gasteiger partial charge in [0.15, 0.2) is 5.65 Å². The minimum Gasteiger partial charge on any atom is -0.369 e. The molecule has 0 saturated carbocycles. The molecule has 5 nitrogen and oxygen atoms in total. The fraction of sp³-hybridized carbons (Fsp3) is 0.389. The standard InChI is InChI=1S/C18H22FN5/c1-5-15-21-17(20-10-11(2)3)16-12(4)23-24(18(16)22-15)14-8-6-13(19)7-9-14/h6-9,11H,5,10H2,1-4H3,(H,20,21,22). The van der Waals surface area contributed by atoms with Gasteiger partial charge in [0, 0.05) is 13.0 Å². The average molecular weight is 327 g/mol. The van der Waals surface area contributed by atoms with Crippen LogP contribution in [0.3, 0.4) is 0 Å². The maximum Gasteiger partial charge on any atom is 0.168 e. The van der Waals surface area contributed by atoms with E-state index < -0.39 is 0 Å². The van der Waals surface area contributed by atoms with Gasteiger partial charge in [-0.3, -0.25) is 0 Å². The van der Waals surface area contributed by atoms with Crippen molar-refractivity contribution in [3.8, 4) is 5.69 Å². The Morgan fingerprint density at radius 1 is 1.17 bits per heavy atom. The summed E-state index contributed by atoms with van der Waals surface area (Å²) in [5.74, 6) is 1.82. The van der Waals surface area contributed by atoms with E-state index >= 15 is 0 Å². The number of rotatable bonds is 5. The molecular formula is C18H22FN5. The molecule has 3 aromatic rings. The molecule has 0 bridgehead atoms. The van der Waals surface area contributed by atoms with Crippen LogP contribution in [0.1, 0.15) is 32.3 Å². The second-order valence-electron chi connectivity index (χ2n) is 6.29. The Labute approximate surface area is 140 Å². The molecule has 0 aliphatic heterocycles.